The summed E-state index contributed by atoms with van der Waals surface area (Å²) < 4.78 is 28.5. The van der Waals surface area contributed by atoms with E-state index in [1.54, 1.807) is 37.6 Å². The first kappa shape index (κ1) is 22.3. The molecule has 31 heavy (non-hydrogen) atoms. The molecule has 0 aliphatic rings. The highest BCUT2D eigenvalue weighted by molar-refractivity contribution is 6.32. The molecule has 0 aromatic carbocycles. The molecule has 0 aliphatic carbocycles. The molecule has 3 aromatic heterocycles. The summed E-state index contributed by atoms with van der Waals surface area (Å²) in [5, 5.41) is 4.31. The van der Waals surface area contributed by atoms with Crippen LogP contribution in [0.15, 0.2) is 49.4 Å². The van der Waals surface area contributed by atoms with Crippen molar-refractivity contribution in [2.75, 3.05) is 24.5 Å². The minimum Gasteiger partial charge on any atom is -0.318 e. The second kappa shape index (κ2) is 10.1. The van der Waals surface area contributed by atoms with Crippen molar-refractivity contribution in [3.63, 3.8) is 0 Å². The predicted octanol–water partition coefficient (Wildman–Crippen LogP) is 3.10. The molecule has 12 heteroatoms. The van der Waals surface area contributed by atoms with E-state index >= 15 is 0 Å². The number of nitrogens with zero attached hydrogens (tertiary/aromatic N) is 7. The monoisotopic (exact) mass is 451 g/mol. The fraction of sp³-hybridized carbons (Fsp3) is 0.316. The van der Waals surface area contributed by atoms with Gasteiger partial charge in [0.05, 0.1) is 24.6 Å². The van der Waals surface area contributed by atoms with E-state index in [0.717, 1.165) is 9.47 Å². The fourth-order valence-corrected chi connectivity index (χ4v) is 3.19. The summed E-state index contributed by atoms with van der Waals surface area (Å²) in [6.45, 7) is 1.05. The molecule has 0 unspecified atom stereocenters. The molecule has 164 valence electrons. The lowest BCUT2D eigenvalue weighted by atomic mass is 10.3. The second-order valence-corrected chi connectivity index (χ2v) is 6.80. The molecule has 3 aromatic rings. The average molecular weight is 452 g/mol. The van der Waals surface area contributed by atoms with Gasteiger partial charge in [0, 0.05) is 38.1 Å². The van der Waals surface area contributed by atoms with Gasteiger partial charge in [0.15, 0.2) is 5.15 Å². The highest BCUT2D eigenvalue weighted by Gasteiger charge is 2.24. The van der Waals surface area contributed by atoms with Crippen molar-refractivity contribution in [1.82, 2.24) is 29.2 Å². The number of imidazole rings is 1. The van der Waals surface area contributed by atoms with Gasteiger partial charge in [0.2, 0.25) is 5.91 Å². The van der Waals surface area contributed by atoms with Crippen molar-refractivity contribution in [1.29, 1.82) is 0 Å². The van der Waals surface area contributed by atoms with Gasteiger partial charge >= 0.3 is 6.03 Å². The fourth-order valence-electron chi connectivity index (χ4n) is 2.96. The Morgan fingerprint density at radius 3 is 2.68 bits per heavy atom. The zero-order valence-corrected chi connectivity index (χ0v) is 17.4. The van der Waals surface area contributed by atoms with E-state index in [-0.39, 0.29) is 30.6 Å². The summed E-state index contributed by atoms with van der Waals surface area (Å²) in [4.78, 5) is 35.3. The molecule has 0 atom stereocenters. The Labute approximate surface area is 181 Å². The van der Waals surface area contributed by atoms with Gasteiger partial charge in [0.1, 0.15) is 12.0 Å². The molecule has 0 fully saturated rings. The highest BCUT2D eigenvalue weighted by atomic mass is 35.5. The topological polar surface area (TPSA) is 89.2 Å². The lowest BCUT2D eigenvalue weighted by molar-refractivity contribution is -0.118. The van der Waals surface area contributed by atoms with Crippen molar-refractivity contribution in [2.45, 2.75) is 19.8 Å². The van der Waals surface area contributed by atoms with Crippen LogP contribution in [0.3, 0.4) is 0 Å². The first-order chi connectivity index (χ1) is 14.9. The number of carbonyl (C=O) groups is 2. The third-order valence-corrected chi connectivity index (χ3v) is 4.69. The summed E-state index contributed by atoms with van der Waals surface area (Å²) >= 11 is 6.24. The summed E-state index contributed by atoms with van der Waals surface area (Å²) in [6.07, 6.45) is 5.83. The van der Waals surface area contributed by atoms with Gasteiger partial charge in [-0.05, 0) is 19.1 Å². The van der Waals surface area contributed by atoms with Crippen molar-refractivity contribution in [3.8, 4) is 5.69 Å². The van der Waals surface area contributed by atoms with Gasteiger partial charge in [-0.15, -0.1) is 0 Å². The Morgan fingerprint density at radius 2 is 2.06 bits per heavy atom. The molecule has 0 N–H and O–H groups in total. The summed E-state index contributed by atoms with van der Waals surface area (Å²) in [7, 11) is 0. The zero-order chi connectivity index (χ0) is 22.4. The quantitative estimate of drug-likeness (QED) is 0.525. The smallest absolute Gasteiger partial charge is 0.318 e. The molecule has 0 radical (unpaired) electrons. The maximum atomic E-state index is 13.0. The van der Waals surface area contributed by atoms with Crippen molar-refractivity contribution < 1.29 is 18.4 Å². The van der Waals surface area contributed by atoms with Gasteiger partial charge < -0.3 is 9.80 Å². The van der Waals surface area contributed by atoms with Crippen LogP contribution >= 0.6 is 11.6 Å². The van der Waals surface area contributed by atoms with E-state index in [1.165, 1.54) is 28.3 Å². The number of anilines is 1. The predicted molar refractivity (Wildman–Crippen MR) is 110 cm³/mol. The maximum absolute atomic E-state index is 13.0. The van der Waals surface area contributed by atoms with Crippen LogP contribution < -0.4 is 4.90 Å². The average Bonchev–Trinajstić information content (AvgIpc) is 3.42. The molecule has 0 saturated heterocycles. The minimum atomic E-state index is -2.74. The zero-order valence-electron chi connectivity index (χ0n) is 16.6. The molecular formula is C19H20ClF2N7O2. The molecule has 0 saturated carbocycles. The largest absolute Gasteiger partial charge is 0.329 e. The first-order valence-corrected chi connectivity index (χ1v) is 9.79. The number of alkyl halides is 2. The minimum absolute atomic E-state index is 0.109. The van der Waals surface area contributed by atoms with E-state index in [1.807, 2.05) is 0 Å². The van der Waals surface area contributed by atoms with Crippen LogP contribution in [0.1, 0.15) is 13.3 Å². The standard InChI is InChI=1S/C19H20ClF2N7O2/c1-2-28(15-11-29(25-18(15)20)14-4-3-6-23-10-14)17(30)5-8-26(12-16(21)22)19(31)27-9-7-24-13-27/h3-4,6-7,9-11,13,16H,2,5,8,12H2,1H3. The Hall–Kier alpha value is -3.34. The van der Waals surface area contributed by atoms with E-state index in [9.17, 15) is 18.4 Å². The van der Waals surface area contributed by atoms with Gasteiger partial charge in [0.25, 0.3) is 6.43 Å². The van der Waals surface area contributed by atoms with Crippen LogP contribution in [0.25, 0.3) is 5.69 Å². The molecule has 0 spiro atoms. The normalized spacial score (nSPS) is 11.0. The van der Waals surface area contributed by atoms with Crippen LogP contribution in [-0.2, 0) is 4.79 Å². The number of rotatable bonds is 8. The molecule has 2 amide bonds. The SMILES string of the molecule is CCN(C(=O)CCN(CC(F)F)C(=O)n1ccnc1)c1cn(-c2cccnc2)nc1Cl. The number of carbonyl (C=O) groups excluding carboxylic acids is 2. The van der Waals surface area contributed by atoms with Gasteiger partial charge in [-0.3, -0.25) is 14.3 Å². The summed E-state index contributed by atoms with van der Waals surface area (Å²) in [5.41, 5.74) is 1.03. The van der Waals surface area contributed by atoms with E-state index < -0.39 is 19.0 Å². The Morgan fingerprint density at radius 1 is 1.26 bits per heavy atom. The molecule has 9 nitrogen and oxygen atoms in total. The van der Waals surface area contributed by atoms with E-state index in [0.29, 0.717) is 11.4 Å². The van der Waals surface area contributed by atoms with Gasteiger partial charge in [-0.25, -0.2) is 23.2 Å². The number of pyridine rings is 1. The molecular weight excluding hydrogens is 432 g/mol. The van der Waals surface area contributed by atoms with Crippen molar-refractivity contribution >= 4 is 29.2 Å². The molecule has 0 bridgehead atoms. The number of amides is 2. The number of aromatic nitrogens is 5. The van der Waals surface area contributed by atoms with Crippen LogP contribution in [0.4, 0.5) is 19.3 Å². The van der Waals surface area contributed by atoms with E-state index in [2.05, 4.69) is 15.1 Å². The van der Waals surface area contributed by atoms with Gasteiger partial charge in [-0.1, -0.05) is 11.6 Å². The van der Waals surface area contributed by atoms with Crippen LogP contribution in [0, 0.1) is 0 Å². The lowest BCUT2D eigenvalue weighted by Crippen LogP contribution is -2.41. The number of hydrogen-bond donors (Lipinski definition) is 0. The van der Waals surface area contributed by atoms with Crippen LogP contribution in [-0.4, -0.2) is 67.2 Å². The van der Waals surface area contributed by atoms with Crippen molar-refractivity contribution in [3.05, 3.63) is 54.6 Å². The Bertz CT molecular complexity index is 1010. The highest BCUT2D eigenvalue weighted by Crippen LogP contribution is 2.26. The van der Waals surface area contributed by atoms with Crippen LogP contribution in [0.5, 0.6) is 0 Å². The Balaban J connectivity index is 1.73. The molecule has 3 heterocycles. The molecule has 0 aliphatic heterocycles. The number of hydrogen-bond acceptors (Lipinski definition) is 5. The van der Waals surface area contributed by atoms with Crippen LogP contribution in [0.2, 0.25) is 5.15 Å². The Kier molecular flexibility index (Phi) is 7.29. The lowest BCUT2D eigenvalue weighted by Gasteiger charge is -2.24. The van der Waals surface area contributed by atoms with Gasteiger partial charge in [-0.2, -0.15) is 5.10 Å². The second-order valence-electron chi connectivity index (χ2n) is 6.44. The van der Waals surface area contributed by atoms with Crippen molar-refractivity contribution in [2.24, 2.45) is 0 Å². The molecule has 3 rings (SSSR count). The first-order valence-electron chi connectivity index (χ1n) is 9.42. The summed E-state index contributed by atoms with van der Waals surface area (Å²) in [6, 6.07) is 2.83. The third kappa shape index (κ3) is 5.43. The maximum Gasteiger partial charge on any atom is 0.329 e. The third-order valence-electron chi connectivity index (χ3n) is 4.42. The number of halogens is 3. The van der Waals surface area contributed by atoms with E-state index in [4.69, 9.17) is 11.6 Å². The summed E-state index contributed by atoms with van der Waals surface area (Å²) in [5.74, 6) is -0.382.